The normalized spacial score (nSPS) is 11.9. The smallest absolute Gasteiger partial charge is 0.137 e. The molecule has 0 amide bonds. The van der Waals surface area contributed by atoms with E-state index >= 15 is 0 Å². The molecule has 0 atom stereocenters. The summed E-state index contributed by atoms with van der Waals surface area (Å²) >= 11 is 0. The Morgan fingerprint density at radius 3 is 1.63 bits per heavy atom. The Morgan fingerprint density at radius 1 is 0.317 bits per heavy atom. The topological polar surface area (TPSA) is 29.5 Å². The first-order chi connectivity index (χ1) is 20.3. The molecule has 0 aliphatic carbocycles. The third-order valence-electron chi connectivity index (χ3n) is 8.21. The molecule has 3 nitrogen and oxygen atoms in total. The molecule has 0 saturated carbocycles. The Morgan fingerprint density at radius 2 is 0.878 bits per heavy atom. The molecule has 0 fully saturated rings. The molecule has 0 spiro atoms. The first-order valence-electron chi connectivity index (χ1n) is 13.8. The van der Waals surface area contributed by atoms with Crippen molar-refractivity contribution in [2.45, 2.75) is 0 Å². The Bertz CT molecular complexity index is 2430. The van der Waals surface area contributed by atoms with Crippen LogP contribution in [0.25, 0.3) is 65.4 Å². The Hall–Kier alpha value is -5.54. The Labute approximate surface area is 235 Å². The maximum absolute atomic E-state index is 6.26. The molecule has 7 aromatic carbocycles. The maximum Gasteiger partial charge on any atom is 0.137 e. The van der Waals surface area contributed by atoms with Gasteiger partial charge in [0.1, 0.15) is 22.3 Å². The Kier molecular flexibility index (Phi) is 4.61. The first-order valence-corrected chi connectivity index (χ1v) is 13.8. The number of nitrogens with zero attached hydrogens (tertiary/aromatic N) is 1. The number of anilines is 3. The van der Waals surface area contributed by atoms with Crippen molar-refractivity contribution in [3.8, 4) is 0 Å². The van der Waals surface area contributed by atoms with Crippen LogP contribution in [0.4, 0.5) is 17.1 Å². The second-order valence-electron chi connectivity index (χ2n) is 10.6. The van der Waals surface area contributed by atoms with E-state index in [1.165, 1.54) is 21.5 Å². The summed E-state index contributed by atoms with van der Waals surface area (Å²) in [6, 6.07) is 49.1. The summed E-state index contributed by atoms with van der Waals surface area (Å²) in [5.74, 6) is 0. The van der Waals surface area contributed by atoms with Gasteiger partial charge in [-0.15, -0.1) is 0 Å². The van der Waals surface area contributed by atoms with Gasteiger partial charge in [-0.05, 0) is 82.2 Å². The SMILES string of the molecule is c1ccc(N(c2ccc3c(ccc4cc5oc6ccccc6c5cc43)c2)c2ccc3c(c2)oc2ccccc23)cc1. The molecule has 9 aromatic rings. The third-order valence-corrected chi connectivity index (χ3v) is 8.21. The van der Waals surface area contributed by atoms with E-state index in [0.29, 0.717) is 0 Å². The average molecular weight is 526 g/mol. The van der Waals surface area contributed by atoms with E-state index in [1.54, 1.807) is 0 Å². The zero-order valence-corrected chi connectivity index (χ0v) is 22.0. The predicted molar refractivity (Wildman–Crippen MR) is 171 cm³/mol. The van der Waals surface area contributed by atoms with Crippen molar-refractivity contribution in [3.63, 3.8) is 0 Å². The van der Waals surface area contributed by atoms with Gasteiger partial charge in [-0.1, -0.05) is 72.8 Å². The standard InChI is InChI=1S/C38H23NO2/c1-2-8-26(9-3-1)39(28-17-19-32-30-10-4-6-12-35(30)41-38(32)22-28)27-16-18-29-24(20-27)14-15-25-21-37-34(23-33(25)29)31-11-5-7-13-36(31)40-37/h1-23H. The van der Waals surface area contributed by atoms with E-state index in [1.807, 2.05) is 24.3 Å². The number of rotatable bonds is 3. The van der Waals surface area contributed by atoms with Crippen LogP contribution >= 0.6 is 0 Å². The largest absolute Gasteiger partial charge is 0.456 e. The summed E-state index contributed by atoms with van der Waals surface area (Å²) in [7, 11) is 0. The molecule has 9 rings (SSSR count). The van der Waals surface area contributed by atoms with E-state index in [0.717, 1.165) is 60.9 Å². The average Bonchev–Trinajstić information content (AvgIpc) is 3.58. The molecule has 2 aromatic heterocycles. The van der Waals surface area contributed by atoms with Crippen LogP contribution < -0.4 is 4.90 Å². The summed E-state index contributed by atoms with van der Waals surface area (Å²) in [5, 5.41) is 9.36. The van der Waals surface area contributed by atoms with Gasteiger partial charge >= 0.3 is 0 Å². The minimum atomic E-state index is 0.882. The predicted octanol–water partition coefficient (Wildman–Crippen LogP) is 11.3. The van der Waals surface area contributed by atoms with Gasteiger partial charge in [-0.3, -0.25) is 0 Å². The fourth-order valence-corrected chi connectivity index (χ4v) is 6.29. The molecule has 0 radical (unpaired) electrons. The molecular weight excluding hydrogens is 502 g/mol. The van der Waals surface area contributed by atoms with Crippen LogP contribution in [0, 0.1) is 0 Å². The number of hydrogen-bond acceptors (Lipinski definition) is 3. The van der Waals surface area contributed by atoms with Crippen LogP contribution in [-0.4, -0.2) is 0 Å². The minimum Gasteiger partial charge on any atom is -0.456 e. The number of fused-ring (bicyclic) bond motifs is 9. The van der Waals surface area contributed by atoms with Gasteiger partial charge < -0.3 is 13.7 Å². The number of para-hydroxylation sites is 3. The molecule has 0 aliphatic heterocycles. The van der Waals surface area contributed by atoms with Crippen molar-refractivity contribution in [2.75, 3.05) is 4.90 Å². The third kappa shape index (κ3) is 3.39. The second-order valence-corrected chi connectivity index (χ2v) is 10.6. The van der Waals surface area contributed by atoms with E-state index < -0.39 is 0 Å². The zero-order valence-electron chi connectivity index (χ0n) is 22.0. The molecule has 0 bridgehead atoms. The van der Waals surface area contributed by atoms with Gasteiger partial charge in [0, 0.05) is 44.7 Å². The fourth-order valence-electron chi connectivity index (χ4n) is 6.29. The van der Waals surface area contributed by atoms with Crippen molar-refractivity contribution in [1.82, 2.24) is 0 Å². The fraction of sp³-hybridized carbons (Fsp3) is 0. The van der Waals surface area contributed by atoms with Crippen molar-refractivity contribution in [1.29, 1.82) is 0 Å². The molecule has 41 heavy (non-hydrogen) atoms. The summed E-state index contributed by atoms with van der Waals surface area (Å²) in [6.07, 6.45) is 0. The molecular formula is C38H23NO2. The second kappa shape index (κ2) is 8.48. The highest BCUT2D eigenvalue weighted by Crippen LogP contribution is 2.41. The highest BCUT2D eigenvalue weighted by molar-refractivity contribution is 6.16. The van der Waals surface area contributed by atoms with Crippen LogP contribution in [0.5, 0.6) is 0 Å². The van der Waals surface area contributed by atoms with Crippen molar-refractivity contribution in [3.05, 3.63) is 140 Å². The van der Waals surface area contributed by atoms with E-state index in [2.05, 4.69) is 120 Å². The van der Waals surface area contributed by atoms with Gasteiger partial charge in [0.05, 0.1) is 0 Å². The summed E-state index contributed by atoms with van der Waals surface area (Å²) in [6.45, 7) is 0. The highest BCUT2D eigenvalue weighted by Gasteiger charge is 2.16. The van der Waals surface area contributed by atoms with Gasteiger partial charge in [0.25, 0.3) is 0 Å². The van der Waals surface area contributed by atoms with E-state index in [4.69, 9.17) is 8.83 Å². The first kappa shape index (κ1) is 22.3. The van der Waals surface area contributed by atoms with Crippen LogP contribution in [0.2, 0.25) is 0 Å². The summed E-state index contributed by atoms with van der Waals surface area (Å²) < 4.78 is 12.4. The molecule has 0 saturated heterocycles. The van der Waals surface area contributed by atoms with Gasteiger partial charge in [0.15, 0.2) is 0 Å². The lowest BCUT2D eigenvalue weighted by molar-refractivity contribution is 0.669. The zero-order chi connectivity index (χ0) is 26.9. The molecule has 3 heteroatoms. The van der Waals surface area contributed by atoms with Crippen molar-refractivity contribution < 1.29 is 8.83 Å². The van der Waals surface area contributed by atoms with Gasteiger partial charge in [0.2, 0.25) is 0 Å². The summed E-state index contributed by atoms with van der Waals surface area (Å²) in [5.41, 5.74) is 6.86. The minimum absolute atomic E-state index is 0.882. The highest BCUT2D eigenvalue weighted by atomic mass is 16.3. The van der Waals surface area contributed by atoms with Crippen LogP contribution in [0.3, 0.4) is 0 Å². The van der Waals surface area contributed by atoms with Crippen molar-refractivity contribution in [2.24, 2.45) is 0 Å². The van der Waals surface area contributed by atoms with Crippen LogP contribution in [0.1, 0.15) is 0 Å². The maximum atomic E-state index is 6.26. The Balaban J connectivity index is 1.24. The lowest BCUT2D eigenvalue weighted by atomic mass is 9.99. The van der Waals surface area contributed by atoms with Crippen LogP contribution in [-0.2, 0) is 0 Å². The quantitative estimate of drug-likeness (QED) is 0.215. The van der Waals surface area contributed by atoms with Gasteiger partial charge in [-0.25, -0.2) is 0 Å². The molecule has 192 valence electrons. The number of hydrogen-bond donors (Lipinski definition) is 0. The van der Waals surface area contributed by atoms with E-state index in [-0.39, 0.29) is 0 Å². The molecule has 0 N–H and O–H groups in total. The molecule has 0 aliphatic rings. The number of benzene rings is 7. The monoisotopic (exact) mass is 525 g/mol. The van der Waals surface area contributed by atoms with E-state index in [9.17, 15) is 0 Å². The molecule has 2 heterocycles. The lowest BCUT2D eigenvalue weighted by Gasteiger charge is -2.26. The van der Waals surface area contributed by atoms with Crippen LogP contribution in [0.15, 0.2) is 148 Å². The lowest BCUT2D eigenvalue weighted by Crippen LogP contribution is -2.09. The van der Waals surface area contributed by atoms with Gasteiger partial charge in [-0.2, -0.15) is 0 Å². The molecule has 0 unspecified atom stereocenters. The number of furan rings is 2. The summed E-state index contributed by atoms with van der Waals surface area (Å²) in [4.78, 5) is 2.29. The van der Waals surface area contributed by atoms with Crippen molar-refractivity contribution >= 4 is 82.5 Å².